The summed E-state index contributed by atoms with van der Waals surface area (Å²) in [5.41, 5.74) is 2.13. The van der Waals surface area contributed by atoms with Gasteiger partial charge in [-0.25, -0.2) is 0 Å². The molecule has 0 aliphatic rings. The molecule has 98 valence electrons. The topological polar surface area (TPSA) is 29.5 Å². The van der Waals surface area contributed by atoms with Gasteiger partial charge in [0.15, 0.2) is 0 Å². The number of likely N-dealkylation sites (N-methyl/N-ethyl adjacent to an activating group) is 1. The van der Waals surface area contributed by atoms with Crippen molar-refractivity contribution >= 4 is 5.91 Å². The minimum atomic E-state index is -0.0852. The van der Waals surface area contributed by atoms with Gasteiger partial charge < -0.3 is 9.64 Å². The first-order chi connectivity index (χ1) is 8.60. The van der Waals surface area contributed by atoms with Crippen molar-refractivity contribution in [2.75, 3.05) is 13.7 Å². The number of hydrogen-bond acceptors (Lipinski definition) is 2. The van der Waals surface area contributed by atoms with E-state index < -0.39 is 0 Å². The molecule has 0 heterocycles. The molecule has 1 aromatic rings. The molecule has 0 aliphatic carbocycles. The molecule has 0 aromatic heterocycles. The summed E-state index contributed by atoms with van der Waals surface area (Å²) in [5.74, 6) is 0.806. The largest absolute Gasteiger partial charge is 0.493 e. The Morgan fingerprint density at radius 2 is 2.22 bits per heavy atom. The van der Waals surface area contributed by atoms with Crippen LogP contribution in [0.4, 0.5) is 0 Å². The van der Waals surface area contributed by atoms with E-state index in [9.17, 15) is 4.79 Å². The highest BCUT2D eigenvalue weighted by Crippen LogP contribution is 2.24. The number of nitrogens with zero attached hydrogens (tertiary/aromatic N) is 1. The van der Waals surface area contributed by atoms with E-state index in [2.05, 4.69) is 13.5 Å². The Bertz CT molecular complexity index is 427. The predicted octanol–water partition coefficient (Wildman–Crippen LogP) is 2.93. The molecule has 18 heavy (non-hydrogen) atoms. The quantitative estimate of drug-likeness (QED) is 0.723. The molecule has 0 saturated carbocycles. The Morgan fingerprint density at radius 3 is 2.83 bits per heavy atom. The van der Waals surface area contributed by atoms with Gasteiger partial charge in [0, 0.05) is 19.2 Å². The first kappa shape index (κ1) is 14.3. The fourth-order valence-corrected chi connectivity index (χ4v) is 1.74. The van der Waals surface area contributed by atoms with Crippen LogP contribution in [0.3, 0.4) is 0 Å². The monoisotopic (exact) mass is 247 g/mol. The van der Waals surface area contributed by atoms with E-state index in [-0.39, 0.29) is 5.91 Å². The van der Waals surface area contributed by atoms with E-state index in [0.29, 0.717) is 13.2 Å². The number of hydrogen-bond donors (Lipinski definition) is 0. The average Bonchev–Trinajstić information content (AvgIpc) is 2.37. The number of carbonyl (C=O) groups is 1. The zero-order valence-electron chi connectivity index (χ0n) is 11.4. The van der Waals surface area contributed by atoms with Gasteiger partial charge in [-0.05, 0) is 25.0 Å². The van der Waals surface area contributed by atoms with Gasteiger partial charge in [0.2, 0.25) is 5.91 Å². The number of benzene rings is 1. The summed E-state index contributed by atoms with van der Waals surface area (Å²) in [4.78, 5) is 13.1. The van der Waals surface area contributed by atoms with Crippen LogP contribution in [0, 0.1) is 6.92 Å². The van der Waals surface area contributed by atoms with E-state index in [1.54, 1.807) is 11.9 Å². The molecule has 1 amide bonds. The lowest BCUT2D eigenvalue weighted by atomic mass is 10.1. The average molecular weight is 247 g/mol. The van der Waals surface area contributed by atoms with E-state index in [4.69, 9.17) is 4.74 Å². The highest BCUT2D eigenvalue weighted by molar-refractivity contribution is 5.86. The zero-order chi connectivity index (χ0) is 13.5. The molecule has 0 bridgehead atoms. The highest BCUT2D eigenvalue weighted by atomic mass is 16.5. The molecule has 1 rings (SSSR count). The van der Waals surface area contributed by atoms with Crippen molar-refractivity contribution < 1.29 is 9.53 Å². The fourth-order valence-electron chi connectivity index (χ4n) is 1.74. The maximum Gasteiger partial charge on any atom is 0.245 e. The molecular weight excluding hydrogens is 226 g/mol. The van der Waals surface area contributed by atoms with Crippen LogP contribution >= 0.6 is 0 Å². The summed E-state index contributed by atoms with van der Waals surface area (Å²) < 4.78 is 5.77. The third-order valence-electron chi connectivity index (χ3n) is 2.70. The molecule has 0 atom stereocenters. The van der Waals surface area contributed by atoms with Gasteiger partial charge in [0.05, 0.1) is 6.61 Å². The maximum absolute atomic E-state index is 11.5. The SMILES string of the molecule is C=CC(=O)N(C)Cc1cccc(C)c1OCCC. The minimum Gasteiger partial charge on any atom is -0.493 e. The summed E-state index contributed by atoms with van der Waals surface area (Å²) >= 11 is 0. The fraction of sp³-hybridized carbons (Fsp3) is 0.400. The van der Waals surface area contributed by atoms with Crippen LogP contribution in [-0.2, 0) is 11.3 Å². The third kappa shape index (κ3) is 3.62. The van der Waals surface area contributed by atoms with Crippen molar-refractivity contribution in [3.05, 3.63) is 42.0 Å². The Labute approximate surface area is 109 Å². The number of rotatable bonds is 6. The van der Waals surface area contributed by atoms with Gasteiger partial charge in [-0.15, -0.1) is 0 Å². The number of para-hydroxylation sites is 1. The number of amides is 1. The van der Waals surface area contributed by atoms with Crippen molar-refractivity contribution in [1.82, 2.24) is 4.90 Å². The van der Waals surface area contributed by atoms with Gasteiger partial charge >= 0.3 is 0 Å². The van der Waals surface area contributed by atoms with Crippen LogP contribution in [0.25, 0.3) is 0 Å². The van der Waals surface area contributed by atoms with Crippen LogP contribution in [0.1, 0.15) is 24.5 Å². The Balaban J connectivity index is 2.90. The molecule has 0 unspecified atom stereocenters. The molecule has 3 nitrogen and oxygen atoms in total. The smallest absolute Gasteiger partial charge is 0.245 e. The Morgan fingerprint density at radius 1 is 1.50 bits per heavy atom. The van der Waals surface area contributed by atoms with Crippen LogP contribution in [0.15, 0.2) is 30.9 Å². The summed E-state index contributed by atoms with van der Waals surface area (Å²) in [6.07, 6.45) is 2.29. The molecule has 0 saturated heterocycles. The van der Waals surface area contributed by atoms with E-state index in [0.717, 1.165) is 23.3 Å². The summed E-state index contributed by atoms with van der Waals surface area (Å²) in [6, 6.07) is 5.99. The number of ether oxygens (including phenoxy) is 1. The maximum atomic E-state index is 11.5. The van der Waals surface area contributed by atoms with Crippen molar-refractivity contribution in [1.29, 1.82) is 0 Å². The summed E-state index contributed by atoms with van der Waals surface area (Å²) in [5, 5.41) is 0. The van der Waals surface area contributed by atoms with Crippen molar-refractivity contribution in [3.8, 4) is 5.75 Å². The number of carbonyl (C=O) groups excluding carboxylic acids is 1. The molecule has 1 aromatic carbocycles. The van der Waals surface area contributed by atoms with Gasteiger partial charge in [-0.3, -0.25) is 4.79 Å². The van der Waals surface area contributed by atoms with Crippen LogP contribution in [-0.4, -0.2) is 24.5 Å². The molecular formula is C15H21NO2. The van der Waals surface area contributed by atoms with Gasteiger partial charge in [-0.1, -0.05) is 31.7 Å². The number of aryl methyl sites for hydroxylation is 1. The van der Waals surface area contributed by atoms with E-state index in [1.807, 2.05) is 25.1 Å². The standard InChI is InChI=1S/C15H21NO2/c1-5-10-18-15-12(3)8-7-9-13(15)11-16(4)14(17)6-2/h6-9H,2,5,10-11H2,1,3-4H3. The Hall–Kier alpha value is -1.77. The van der Waals surface area contributed by atoms with Crippen LogP contribution in [0.2, 0.25) is 0 Å². The van der Waals surface area contributed by atoms with Gasteiger partial charge in [0.25, 0.3) is 0 Å². The summed E-state index contributed by atoms with van der Waals surface area (Å²) in [7, 11) is 1.76. The first-order valence-corrected chi connectivity index (χ1v) is 6.19. The molecule has 0 aliphatic heterocycles. The second-order valence-corrected chi connectivity index (χ2v) is 4.31. The Kier molecular flexibility index (Phi) is 5.43. The molecule has 0 fully saturated rings. The molecule has 0 radical (unpaired) electrons. The van der Waals surface area contributed by atoms with Gasteiger partial charge in [-0.2, -0.15) is 0 Å². The van der Waals surface area contributed by atoms with Crippen LogP contribution in [0.5, 0.6) is 5.75 Å². The van der Waals surface area contributed by atoms with E-state index in [1.165, 1.54) is 6.08 Å². The minimum absolute atomic E-state index is 0.0852. The lowest BCUT2D eigenvalue weighted by Gasteiger charge is -2.19. The molecule has 0 spiro atoms. The van der Waals surface area contributed by atoms with Crippen molar-refractivity contribution in [3.63, 3.8) is 0 Å². The molecule has 0 N–H and O–H groups in total. The predicted molar refractivity (Wildman–Crippen MR) is 73.6 cm³/mol. The zero-order valence-corrected chi connectivity index (χ0v) is 11.4. The van der Waals surface area contributed by atoms with Crippen molar-refractivity contribution in [2.45, 2.75) is 26.8 Å². The second kappa shape index (κ2) is 6.84. The van der Waals surface area contributed by atoms with Crippen molar-refractivity contribution in [2.24, 2.45) is 0 Å². The molecule has 3 heteroatoms. The van der Waals surface area contributed by atoms with E-state index >= 15 is 0 Å². The second-order valence-electron chi connectivity index (χ2n) is 4.31. The van der Waals surface area contributed by atoms with Crippen LogP contribution < -0.4 is 4.74 Å². The first-order valence-electron chi connectivity index (χ1n) is 6.19. The normalized spacial score (nSPS) is 9.94. The highest BCUT2D eigenvalue weighted by Gasteiger charge is 2.11. The summed E-state index contributed by atoms with van der Waals surface area (Å²) in [6.45, 7) is 8.81. The lowest BCUT2D eigenvalue weighted by molar-refractivity contribution is -0.125. The van der Waals surface area contributed by atoms with Gasteiger partial charge in [0.1, 0.15) is 5.75 Å². The lowest BCUT2D eigenvalue weighted by Crippen LogP contribution is -2.24. The third-order valence-corrected chi connectivity index (χ3v) is 2.70.